The van der Waals surface area contributed by atoms with Gasteiger partial charge in [-0.25, -0.2) is 4.79 Å². The largest absolute Gasteiger partial charge is 0.477 e. The molecule has 0 spiro atoms. The van der Waals surface area contributed by atoms with Crippen molar-refractivity contribution in [3.63, 3.8) is 0 Å². The molecule has 1 saturated carbocycles. The van der Waals surface area contributed by atoms with Gasteiger partial charge in [-0.1, -0.05) is 37.1 Å². The summed E-state index contributed by atoms with van der Waals surface area (Å²) in [7, 11) is 1.66. The van der Waals surface area contributed by atoms with Crippen LogP contribution in [0.25, 0.3) is 10.9 Å². The summed E-state index contributed by atoms with van der Waals surface area (Å²) in [5.41, 5.74) is 6.66. The standard InChI is InChI=1S/C25H28N4O4/c1-29-19-10-3-2-8-17(19)20(21(29)23(31)32)25(24(26)33)12-5-4-9-18(25)22(30)28-14-11-16-7-6-13-27-15-16/h2-3,6-8,10,13,15,18H,4-5,9,11-12,14H2,1H3,(H2,26,33)(H,28,30)(H,31,32)/t18-,25-/m0/s1. The number of carboxylic acid groups (broad SMARTS) is 1. The van der Waals surface area contributed by atoms with E-state index >= 15 is 0 Å². The van der Waals surface area contributed by atoms with Gasteiger partial charge in [0.2, 0.25) is 11.8 Å². The first-order valence-electron chi connectivity index (χ1n) is 11.2. The maximum Gasteiger partial charge on any atom is 0.352 e. The van der Waals surface area contributed by atoms with E-state index in [1.54, 1.807) is 36.1 Å². The number of nitrogens with zero attached hydrogens (tertiary/aromatic N) is 2. The van der Waals surface area contributed by atoms with Crippen LogP contribution in [0.4, 0.5) is 0 Å². The summed E-state index contributed by atoms with van der Waals surface area (Å²) in [5, 5.41) is 13.7. The molecule has 8 heteroatoms. The van der Waals surface area contributed by atoms with Gasteiger partial charge in [0.1, 0.15) is 5.69 Å². The van der Waals surface area contributed by atoms with Crippen molar-refractivity contribution in [2.24, 2.45) is 18.7 Å². The molecule has 2 heterocycles. The minimum absolute atomic E-state index is 0.00469. The van der Waals surface area contributed by atoms with Gasteiger partial charge in [0.25, 0.3) is 0 Å². The molecule has 1 fully saturated rings. The minimum Gasteiger partial charge on any atom is -0.477 e. The highest BCUT2D eigenvalue weighted by molar-refractivity contribution is 6.05. The third kappa shape index (κ3) is 3.86. The number of carbonyl (C=O) groups excluding carboxylic acids is 2. The Labute approximate surface area is 191 Å². The van der Waals surface area contributed by atoms with Crippen LogP contribution in [-0.4, -0.2) is 39.0 Å². The van der Waals surface area contributed by atoms with Gasteiger partial charge in [-0.2, -0.15) is 0 Å². The van der Waals surface area contributed by atoms with E-state index < -0.39 is 23.2 Å². The second-order valence-electron chi connectivity index (χ2n) is 8.64. The fourth-order valence-electron chi connectivity index (χ4n) is 5.34. The van der Waals surface area contributed by atoms with Gasteiger partial charge in [0.05, 0.1) is 11.3 Å². The monoisotopic (exact) mass is 448 g/mol. The minimum atomic E-state index is -1.40. The Morgan fingerprint density at radius 3 is 2.70 bits per heavy atom. The number of pyridine rings is 1. The number of carboxylic acids is 1. The number of nitrogens with two attached hydrogens (primary N) is 1. The Hall–Kier alpha value is -3.68. The predicted octanol–water partition coefficient (Wildman–Crippen LogP) is 2.54. The Balaban J connectivity index is 1.76. The summed E-state index contributed by atoms with van der Waals surface area (Å²) in [6.07, 6.45) is 6.28. The number of benzene rings is 1. The normalized spacial score (nSPS) is 20.5. The smallest absolute Gasteiger partial charge is 0.352 e. The number of aromatic carboxylic acids is 1. The lowest BCUT2D eigenvalue weighted by atomic mass is 9.60. The zero-order valence-corrected chi connectivity index (χ0v) is 18.6. The van der Waals surface area contributed by atoms with Gasteiger partial charge in [-0.3, -0.25) is 14.6 Å². The first-order chi connectivity index (χ1) is 15.9. The van der Waals surface area contributed by atoms with Crippen molar-refractivity contribution in [1.29, 1.82) is 0 Å². The van der Waals surface area contributed by atoms with Crippen molar-refractivity contribution >= 4 is 28.7 Å². The van der Waals surface area contributed by atoms with Gasteiger partial charge in [-0.15, -0.1) is 0 Å². The van der Waals surface area contributed by atoms with E-state index in [1.807, 2.05) is 24.3 Å². The molecule has 0 bridgehead atoms. The van der Waals surface area contributed by atoms with Crippen molar-refractivity contribution in [3.8, 4) is 0 Å². The maximum absolute atomic E-state index is 13.4. The molecule has 1 aliphatic rings. The first-order valence-corrected chi connectivity index (χ1v) is 11.2. The number of rotatable bonds is 7. The van der Waals surface area contributed by atoms with E-state index in [9.17, 15) is 19.5 Å². The molecule has 0 unspecified atom stereocenters. The number of hydrogen-bond donors (Lipinski definition) is 3. The number of aromatic nitrogens is 2. The number of carbonyl (C=O) groups is 3. The van der Waals surface area contributed by atoms with Crippen LogP contribution in [0.5, 0.6) is 0 Å². The van der Waals surface area contributed by atoms with Crippen molar-refractivity contribution in [2.45, 2.75) is 37.5 Å². The number of fused-ring (bicyclic) bond motifs is 1. The third-order valence-corrected chi connectivity index (χ3v) is 6.86. The van der Waals surface area contributed by atoms with Gasteiger partial charge in [0, 0.05) is 42.5 Å². The molecule has 2 atom stereocenters. The Kier molecular flexibility index (Phi) is 6.18. The predicted molar refractivity (Wildman–Crippen MR) is 124 cm³/mol. The molecule has 1 aliphatic carbocycles. The molecule has 0 radical (unpaired) electrons. The second kappa shape index (κ2) is 9.05. The number of hydrogen-bond acceptors (Lipinski definition) is 4. The van der Waals surface area contributed by atoms with Crippen molar-refractivity contribution in [2.75, 3.05) is 6.54 Å². The van der Waals surface area contributed by atoms with Crippen molar-refractivity contribution in [3.05, 3.63) is 65.6 Å². The summed E-state index contributed by atoms with van der Waals surface area (Å²) >= 11 is 0. The highest BCUT2D eigenvalue weighted by atomic mass is 16.4. The van der Waals surface area contributed by atoms with Gasteiger partial charge < -0.3 is 20.7 Å². The van der Waals surface area contributed by atoms with E-state index in [0.717, 1.165) is 12.0 Å². The first kappa shape index (κ1) is 22.5. The molecule has 0 saturated heterocycles. The molecule has 2 amide bonds. The zero-order valence-electron chi connectivity index (χ0n) is 18.6. The highest BCUT2D eigenvalue weighted by Crippen LogP contribution is 2.48. The van der Waals surface area contributed by atoms with Crippen molar-refractivity contribution in [1.82, 2.24) is 14.9 Å². The average Bonchev–Trinajstić information content (AvgIpc) is 3.12. The SMILES string of the molecule is Cn1c(C(=O)O)c([C@]2(C(N)=O)CCCC[C@H]2C(=O)NCCc2cccnc2)c2ccccc21. The van der Waals surface area contributed by atoms with Crippen LogP contribution < -0.4 is 11.1 Å². The van der Waals surface area contributed by atoms with Crippen LogP contribution in [-0.2, 0) is 28.5 Å². The number of nitrogens with one attached hydrogen (secondary N) is 1. The van der Waals surface area contributed by atoms with E-state index in [2.05, 4.69) is 10.3 Å². The molecule has 8 nitrogen and oxygen atoms in total. The van der Waals surface area contributed by atoms with Crippen LogP contribution in [0, 0.1) is 5.92 Å². The molecule has 4 N–H and O–H groups in total. The third-order valence-electron chi connectivity index (χ3n) is 6.86. The van der Waals surface area contributed by atoms with Gasteiger partial charge in [-0.05, 0) is 37.0 Å². The van der Waals surface area contributed by atoms with Crippen LogP contribution in [0.15, 0.2) is 48.8 Å². The number of amides is 2. The Morgan fingerprint density at radius 2 is 2.00 bits per heavy atom. The van der Waals surface area contributed by atoms with Crippen LogP contribution in [0.3, 0.4) is 0 Å². The summed E-state index contributed by atoms with van der Waals surface area (Å²) in [6, 6.07) is 11.0. The van der Waals surface area contributed by atoms with Gasteiger partial charge >= 0.3 is 5.97 Å². The molecular formula is C25H28N4O4. The molecule has 3 aromatic rings. The lowest BCUT2D eigenvalue weighted by Gasteiger charge is -2.41. The maximum atomic E-state index is 13.4. The summed E-state index contributed by atoms with van der Waals surface area (Å²) < 4.78 is 1.57. The fourth-order valence-corrected chi connectivity index (χ4v) is 5.34. The van der Waals surface area contributed by atoms with E-state index in [0.29, 0.717) is 48.7 Å². The molecule has 2 aromatic heterocycles. The molecular weight excluding hydrogens is 420 g/mol. The number of para-hydroxylation sites is 1. The fraction of sp³-hybridized carbons (Fsp3) is 0.360. The molecule has 1 aromatic carbocycles. The van der Waals surface area contributed by atoms with Crippen LogP contribution in [0.1, 0.15) is 47.3 Å². The lowest BCUT2D eigenvalue weighted by Crippen LogP contribution is -2.55. The summed E-state index contributed by atoms with van der Waals surface area (Å²) in [5.74, 6) is -2.83. The molecule has 0 aliphatic heterocycles. The van der Waals surface area contributed by atoms with E-state index in [-0.39, 0.29) is 11.6 Å². The highest BCUT2D eigenvalue weighted by Gasteiger charge is 2.53. The summed E-state index contributed by atoms with van der Waals surface area (Å²) in [4.78, 5) is 43.0. The topological polar surface area (TPSA) is 127 Å². The number of aryl methyl sites for hydroxylation is 1. The lowest BCUT2D eigenvalue weighted by molar-refractivity contribution is -0.137. The zero-order chi connectivity index (χ0) is 23.6. The van der Waals surface area contributed by atoms with Crippen LogP contribution >= 0.6 is 0 Å². The average molecular weight is 449 g/mol. The van der Waals surface area contributed by atoms with Crippen molar-refractivity contribution < 1.29 is 19.5 Å². The quantitative estimate of drug-likeness (QED) is 0.512. The molecule has 172 valence electrons. The Bertz CT molecular complexity index is 1200. The Morgan fingerprint density at radius 1 is 1.21 bits per heavy atom. The summed E-state index contributed by atoms with van der Waals surface area (Å²) in [6.45, 7) is 0.386. The number of primary amides is 1. The molecule has 33 heavy (non-hydrogen) atoms. The van der Waals surface area contributed by atoms with Gasteiger partial charge in [0.15, 0.2) is 0 Å². The van der Waals surface area contributed by atoms with Crippen LogP contribution in [0.2, 0.25) is 0 Å². The molecule has 4 rings (SSSR count). The second-order valence-corrected chi connectivity index (χ2v) is 8.64. The van der Waals surface area contributed by atoms with E-state index in [1.165, 1.54) is 0 Å². The van der Waals surface area contributed by atoms with E-state index in [4.69, 9.17) is 5.73 Å².